The first kappa shape index (κ1) is 15.4. The summed E-state index contributed by atoms with van der Waals surface area (Å²) >= 11 is 0. The van der Waals surface area contributed by atoms with E-state index in [4.69, 9.17) is 0 Å². The van der Waals surface area contributed by atoms with Gasteiger partial charge in [-0.15, -0.1) is 0 Å². The third kappa shape index (κ3) is 2.21. The molecule has 0 fully saturated rings. The Bertz CT molecular complexity index is 1010. The van der Waals surface area contributed by atoms with Crippen LogP contribution in [-0.4, -0.2) is 28.1 Å². The lowest BCUT2D eigenvalue weighted by Crippen LogP contribution is -2.25. The average Bonchev–Trinajstić information content (AvgIpc) is 3.21. The zero-order chi connectivity index (χ0) is 17.6. The number of hydrogen-bond acceptors (Lipinski definition) is 3. The number of aromatic nitrogens is 2. The van der Waals surface area contributed by atoms with Crippen LogP contribution in [0.25, 0.3) is 10.8 Å². The summed E-state index contributed by atoms with van der Waals surface area (Å²) in [4.78, 5) is 26.9. The fourth-order valence-electron chi connectivity index (χ4n) is 3.43. The molecule has 2 heterocycles. The van der Waals surface area contributed by atoms with Crippen molar-refractivity contribution in [2.45, 2.75) is 20.4 Å². The molecule has 6 nitrogen and oxygen atoms in total. The fourth-order valence-corrected chi connectivity index (χ4v) is 3.43. The predicted molar refractivity (Wildman–Crippen MR) is 97.2 cm³/mol. The van der Waals surface area contributed by atoms with E-state index in [0.29, 0.717) is 30.0 Å². The normalized spacial score (nSPS) is 12.9. The van der Waals surface area contributed by atoms with E-state index in [1.54, 1.807) is 21.8 Å². The molecule has 0 spiro atoms. The highest BCUT2D eigenvalue weighted by atomic mass is 16.2. The molecule has 2 amide bonds. The summed E-state index contributed by atoms with van der Waals surface area (Å²) in [5.74, 6) is -0.202. The second kappa shape index (κ2) is 5.73. The molecule has 0 bridgehead atoms. The van der Waals surface area contributed by atoms with Crippen molar-refractivity contribution in [3.05, 3.63) is 53.9 Å². The summed E-state index contributed by atoms with van der Waals surface area (Å²) in [6.45, 7) is 5.13. The van der Waals surface area contributed by atoms with Gasteiger partial charge in [-0.3, -0.25) is 14.3 Å². The van der Waals surface area contributed by atoms with E-state index in [1.165, 1.54) is 0 Å². The molecular formula is C19H18N4O2. The van der Waals surface area contributed by atoms with Crippen LogP contribution in [0.15, 0.2) is 42.6 Å². The molecule has 1 aliphatic rings. The molecule has 25 heavy (non-hydrogen) atoms. The number of amides is 2. The average molecular weight is 334 g/mol. The molecule has 0 unspecified atom stereocenters. The van der Waals surface area contributed by atoms with Crippen LogP contribution in [0.1, 0.15) is 34.7 Å². The monoisotopic (exact) mass is 334 g/mol. The van der Waals surface area contributed by atoms with Crippen LogP contribution in [0.2, 0.25) is 0 Å². The van der Waals surface area contributed by atoms with Gasteiger partial charge in [-0.2, -0.15) is 5.10 Å². The van der Waals surface area contributed by atoms with E-state index >= 15 is 0 Å². The third-order valence-electron chi connectivity index (χ3n) is 4.60. The van der Waals surface area contributed by atoms with Crippen LogP contribution in [-0.2, 0) is 6.54 Å². The zero-order valence-corrected chi connectivity index (χ0v) is 14.1. The molecule has 4 rings (SSSR count). The number of hydrogen-bond donors (Lipinski definition) is 1. The predicted octanol–water partition coefficient (Wildman–Crippen LogP) is 3.29. The lowest BCUT2D eigenvalue weighted by atomic mass is 10.0. The smallest absolute Gasteiger partial charge is 0.273 e. The van der Waals surface area contributed by atoms with Crippen molar-refractivity contribution in [3.63, 3.8) is 0 Å². The van der Waals surface area contributed by atoms with Gasteiger partial charge in [0, 0.05) is 41.3 Å². The SMILES string of the molecule is CCN1C(=O)c2cccc3c(NC(=O)c4ccnn4CC)ccc1c23. The van der Waals surface area contributed by atoms with E-state index in [0.717, 1.165) is 16.5 Å². The molecule has 0 radical (unpaired) electrons. The quantitative estimate of drug-likeness (QED) is 0.796. The molecule has 6 heteroatoms. The molecule has 1 N–H and O–H groups in total. The van der Waals surface area contributed by atoms with Gasteiger partial charge in [0.15, 0.2) is 0 Å². The molecule has 0 aliphatic carbocycles. The lowest BCUT2D eigenvalue weighted by molar-refractivity contribution is 0.0991. The number of benzene rings is 2. The van der Waals surface area contributed by atoms with Crippen molar-refractivity contribution in [2.24, 2.45) is 0 Å². The van der Waals surface area contributed by atoms with Crippen LogP contribution < -0.4 is 10.2 Å². The van der Waals surface area contributed by atoms with Gasteiger partial charge in [0.2, 0.25) is 0 Å². The summed E-state index contributed by atoms with van der Waals surface area (Å²) in [5, 5.41) is 8.87. The molecule has 1 aliphatic heterocycles. The van der Waals surface area contributed by atoms with Gasteiger partial charge in [-0.25, -0.2) is 0 Å². The second-order valence-electron chi connectivity index (χ2n) is 5.90. The summed E-state index contributed by atoms with van der Waals surface area (Å²) in [6, 6.07) is 11.1. The van der Waals surface area contributed by atoms with Gasteiger partial charge in [-0.1, -0.05) is 12.1 Å². The van der Waals surface area contributed by atoms with Crippen molar-refractivity contribution < 1.29 is 9.59 Å². The Labute approximate surface area is 145 Å². The van der Waals surface area contributed by atoms with Gasteiger partial charge in [0.25, 0.3) is 11.8 Å². The van der Waals surface area contributed by atoms with Gasteiger partial charge in [-0.05, 0) is 38.1 Å². The molecule has 2 aromatic carbocycles. The molecule has 126 valence electrons. The number of rotatable bonds is 4. The van der Waals surface area contributed by atoms with E-state index in [1.807, 2.05) is 44.2 Å². The zero-order valence-electron chi connectivity index (χ0n) is 14.1. The van der Waals surface area contributed by atoms with Gasteiger partial charge in [0.1, 0.15) is 5.69 Å². The summed E-state index contributed by atoms with van der Waals surface area (Å²) in [7, 11) is 0. The van der Waals surface area contributed by atoms with Crippen LogP contribution in [0.4, 0.5) is 11.4 Å². The Hall–Kier alpha value is -3.15. The van der Waals surface area contributed by atoms with Crippen molar-refractivity contribution in [2.75, 3.05) is 16.8 Å². The van der Waals surface area contributed by atoms with Crippen molar-refractivity contribution in [1.82, 2.24) is 9.78 Å². The summed E-state index contributed by atoms with van der Waals surface area (Å²) in [6.07, 6.45) is 1.61. The first-order valence-electron chi connectivity index (χ1n) is 8.36. The minimum absolute atomic E-state index is 0.00985. The van der Waals surface area contributed by atoms with E-state index in [2.05, 4.69) is 10.4 Å². The minimum Gasteiger partial charge on any atom is -0.320 e. The largest absolute Gasteiger partial charge is 0.320 e. The van der Waals surface area contributed by atoms with Crippen molar-refractivity contribution in [3.8, 4) is 0 Å². The Balaban J connectivity index is 1.79. The highest BCUT2D eigenvalue weighted by Gasteiger charge is 2.29. The molecule has 3 aromatic rings. The number of nitrogens with one attached hydrogen (secondary N) is 1. The Kier molecular flexibility index (Phi) is 3.53. The molecule has 0 atom stereocenters. The number of nitrogens with zero attached hydrogens (tertiary/aromatic N) is 3. The maximum Gasteiger partial charge on any atom is 0.273 e. The highest BCUT2D eigenvalue weighted by Crippen LogP contribution is 2.40. The van der Waals surface area contributed by atoms with Crippen molar-refractivity contribution >= 4 is 34.0 Å². The Morgan fingerprint density at radius 3 is 2.72 bits per heavy atom. The van der Waals surface area contributed by atoms with Crippen LogP contribution in [0.3, 0.4) is 0 Å². The van der Waals surface area contributed by atoms with Gasteiger partial charge < -0.3 is 10.2 Å². The Morgan fingerprint density at radius 1 is 1.12 bits per heavy atom. The van der Waals surface area contributed by atoms with E-state index in [9.17, 15) is 9.59 Å². The summed E-state index contributed by atoms with van der Waals surface area (Å²) in [5.41, 5.74) is 2.79. The number of carbonyl (C=O) groups excluding carboxylic acids is 2. The fraction of sp³-hybridized carbons (Fsp3) is 0.211. The second-order valence-corrected chi connectivity index (χ2v) is 5.90. The third-order valence-corrected chi connectivity index (χ3v) is 4.60. The van der Waals surface area contributed by atoms with Crippen LogP contribution >= 0.6 is 0 Å². The van der Waals surface area contributed by atoms with E-state index < -0.39 is 0 Å². The van der Waals surface area contributed by atoms with Gasteiger partial charge >= 0.3 is 0 Å². The minimum atomic E-state index is -0.211. The standard InChI is InChI=1S/C19H18N4O2/c1-3-22-15-9-8-14(12-6-5-7-13(17(12)15)19(22)25)21-18(24)16-10-11-20-23(16)4-2/h5-11H,3-4H2,1-2H3,(H,21,24). The number of carbonyl (C=O) groups is 2. The van der Waals surface area contributed by atoms with E-state index in [-0.39, 0.29) is 11.8 Å². The Morgan fingerprint density at radius 2 is 1.96 bits per heavy atom. The highest BCUT2D eigenvalue weighted by molar-refractivity contribution is 6.27. The molecule has 0 saturated heterocycles. The summed E-state index contributed by atoms with van der Waals surface area (Å²) < 4.78 is 1.65. The number of aryl methyl sites for hydroxylation is 1. The molecule has 0 saturated carbocycles. The first-order chi connectivity index (χ1) is 12.2. The maximum absolute atomic E-state index is 12.6. The first-order valence-corrected chi connectivity index (χ1v) is 8.36. The van der Waals surface area contributed by atoms with Gasteiger partial charge in [0.05, 0.1) is 5.69 Å². The van der Waals surface area contributed by atoms with Crippen LogP contribution in [0, 0.1) is 0 Å². The molecular weight excluding hydrogens is 316 g/mol. The maximum atomic E-state index is 12.6. The van der Waals surface area contributed by atoms with Crippen molar-refractivity contribution in [1.29, 1.82) is 0 Å². The lowest BCUT2D eigenvalue weighted by Gasteiger charge is -2.15. The number of anilines is 2. The van der Waals surface area contributed by atoms with Crippen LogP contribution in [0.5, 0.6) is 0 Å². The topological polar surface area (TPSA) is 67.2 Å². The molecule has 1 aromatic heterocycles.